The standard InChI is InChI=1S/C14H20N2O3S/c1-18-5-3-15-4-6-19-13-9-16(8-12(13)15)14(17)11-2-7-20-10-11/h2,7,10,12-13H,3-6,8-9H2,1H3/t12-,13-/m0/s1. The van der Waals surface area contributed by atoms with Crippen LogP contribution in [0.1, 0.15) is 10.4 Å². The molecule has 3 heterocycles. The smallest absolute Gasteiger partial charge is 0.254 e. The summed E-state index contributed by atoms with van der Waals surface area (Å²) >= 11 is 1.56. The van der Waals surface area contributed by atoms with Crippen molar-refractivity contribution in [3.63, 3.8) is 0 Å². The molecule has 0 radical (unpaired) electrons. The van der Waals surface area contributed by atoms with E-state index in [0.717, 1.165) is 38.4 Å². The highest BCUT2D eigenvalue weighted by atomic mass is 32.1. The van der Waals surface area contributed by atoms with E-state index in [2.05, 4.69) is 4.90 Å². The van der Waals surface area contributed by atoms with Gasteiger partial charge in [0.2, 0.25) is 0 Å². The van der Waals surface area contributed by atoms with Gasteiger partial charge in [-0.3, -0.25) is 9.69 Å². The van der Waals surface area contributed by atoms with Crippen molar-refractivity contribution in [3.05, 3.63) is 22.4 Å². The lowest BCUT2D eigenvalue weighted by atomic mass is 10.1. The first-order chi connectivity index (χ1) is 9.79. The molecule has 1 amide bonds. The van der Waals surface area contributed by atoms with Crippen molar-refractivity contribution < 1.29 is 14.3 Å². The van der Waals surface area contributed by atoms with Crippen LogP contribution in [0.2, 0.25) is 0 Å². The zero-order chi connectivity index (χ0) is 13.9. The van der Waals surface area contributed by atoms with Gasteiger partial charge in [-0.2, -0.15) is 11.3 Å². The third-order valence-corrected chi connectivity index (χ3v) is 4.74. The molecule has 20 heavy (non-hydrogen) atoms. The lowest BCUT2D eigenvalue weighted by Crippen LogP contribution is -2.51. The maximum Gasteiger partial charge on any atom is 0.254 e. The van der Waals surface area contributed by atoms with Crippen LogP contribution in [-0.4, -0.2) is 74.4 Å². The SMILES string of the molecule is COCCN1CCO[C@H]2CN(C(=O)c3ccsc3)C[C@@H]21. The second kappa shape index (κ2) is 6.22. The lowest BCUT2D eigenvalue weighted by molar-refractivity contribution is -0.0526. The molecule has 2 aliphatic rings. The Bertz CT molecular complexity index is 451. The molecule has 0 saturated carbocycles. The fourth-order valence-electron chi connectivity index (χ4n) is 2.98. The highest BCUT2D eigenvalue weighted by Crippen LogP contribution is 2.24. The van der Waals surface area contributed by atoms with Crippen LogP contribution in [0.15, 0.2) is 16.8 Å². The number of rotatable bonds is 4. The first-order valence-corrected chi connectivity index (χ1v) is 7.90. The number of thiophene rings is 1. The number of ether oxygens (including phenoxy) is 2. The van der Waals surface area contributed by atoms with Crippen molar-refractivity contribution in [2.24, 2.45) is 0 Å². The Hall–Kier alpha value is -0.950. The van der Waals surface area contributed by atoms with E-state index in [1.807, 2.05) is 21.7 Å². The number of hydrogen-bond donors (Lipinski definition) is 0. The van der Waals surface area contributed by atoms with E-state index in [9.17, 15) is 4.79 Å². The Labute approximate surface area is 123 Å². The van der Waals surface area contributed by atoms with E-state index >= 15 is 0 Å². The molecule has 5 nitrogen and oxygen atoms in total. The van der Waals surface area contributed by atoms with Crippen molar-refractivity contribution in [3.8, 4) is 0 Å². The van der Waals surface area contributed by atoms with Crippen LogP contribution in [0.25, 0.3) is 0 Å². The molecule has 0 spiro atoms. The van der Waals surface area contributed by atoms with Crippen molar-refractivity contribution in [1.82, 2.24) is 9.80 Å². The Morgan fingerprint density at radius 2 is 2.45 bits per heavy atom. The molecule has 2 aliphatic heterocycles. The van der Waals surface area contributed by atoms with E-state index in [0.29, 0.717) is 12.6 Å². The van der Waals surface area contributed by atoms with Gasteiger partial charge in [-0.1, -0.05) is 0 Å². The normalized spacial score (nSPS) is 26.8. The number of nitrogens with zero attached hydrogens (tertiary/aromatic N) is 2. The minimum atomic E-state index is 0.121. The van der Waals surface area contributed by atoms with Gasteiger partial charge in [0.1, 0.15) is 0 Å². The summed E-state index contributed by atoms with van der Waals surface area (Å²) in [5.74, 6) is 0.121. The van der Waals surface area contributed by atoms with Gasteiger partial charge in [0.25, 0.3) is 5.91 Å². The van der Waals surface area contributed by atoms with Gasteiger partial charge in [0.05, 0.1) is 30.9 Å². The summed E-state index contributed by atoms with van der Waals surface area (Å²) in [6.07, 6.45) is 0.142. The summed E-state index contributed by atoms with van der Waals surface area (Å²) in [6.45, 7) is 4.74. The van der Waals surface area contributed by atoms with Gasteiger partial charge in [0, 0.05) is 38.7 Å². The number of morpholine rings is 1. The quantitative estimate of drug-likeness (QED) is 0.828. The maximum atomic E-state index is 12.4. The molecular weight excluding hydrogens is 276 g/mol. The van der Waals surface area contributed by atoms with Crippen LogP contribution >= 0.6 is 11.3 Å². The molecule has 0 N–H and O–H groups in total. The monoisotopic (exact) mass is 296 g/mol. The number of methoxy groups -OCH3 is 1. The molecule has 2 saturated heterocycles. The Balaban J connectivity index is 1.66. The van der Waals surface area contributed by atoms with E-state index in [1.54, 1.807) is 18.4 Å². The highest BCUT2D eigenvalue weighted by Gasteiger charge is 2.41. The molecule has 1 aromatic heterocycles. The second-order valence-corrected chi connectivity index (χ2v) is 6.01. The molecule has 6 heteroatoms. The van der Waals surface area contributed by atoms with Crippen molar-refractivity contribution >= 4 is 17.2 Å². The number of fused-ring (bicyclic) bond motifs is 1. The minimum Gasteiger partial charge on any atom is -0.383 e. The summed E-state index contributed by atoms with van der Waals surface area (Å²) in [6, 6.07) is 2.19. The average Bonchev–Trinajstić information content (AvgIpc) is 3.12. The molecule has 0 aliphatic carbocycles. The topological polar surface area (TPSA) is 42.0 Å². The summed E-state index contributed by atoms with van der Waals surface area (Å²) in [4.78, 5) is 16.7. The van der Waals surface area contributed by atoms with Crippen LogP contribution in [0, 0.1) is 0 Å². The van der Waals surface area contributed by atoms with E-state index in [1.165, 1.54) is 0 Å². The second-order valence-electron chi connectivity index (χ2n) is 5.23. The number of carbonyl (C=O) groups is 1. The number of hydrogen-bond acceptors (Lipinski definition) is 5. The van der Waals surface area contributed by atoms with Crippen molar-refractivity contribution in [1.29, 1.82) is 0 Å². The summed E-state index contributed by atoms with van der Waals surface area (Å²) in [5.41, 5.74) is 0.789. The molecule has 3 rings (SSSR count). The van der Waals surface area contributed by atoms with Crippen molar-refractivity contribution in [2.75, 3.05) is 46.5 Å². The van der Waals surface area contributed by atoms with Crippen LogP contribution in [0.4, 0.5) is 0 Å². The summed E-state index contributed by atoms with van der Waals surface area (Å²) in [5, 5.41) is 3.85. The van der Waals surface area contributed by atoms with Crippen LogP contribution in [0.5, 0.6) is 0 Å². The summed E-state index contributed by atoms with van der Waals surface area (Å²) < 4.78 is 11.0. The van der Waals surface area contributed by atoms with E-state index in [-0.39, 0.29) is 12.0 Å². The zero-order valence-electron chi connectivity index (χ0n) is 11.7. The molecule has 2 atom stereocenters. The predicted molar refractivity (Wildman–Crippen MR) is 77.2 cm³/mol. The van der Waals surface area contributed by atoms with Crippen LogP contribution in [-0.2, 0) is 9.47 Å². The first-order valence-electron chi connectivity index (χ1n) is 6.95. The molecule has 110 valence electrons. The first kappa shape index (κ1) is 14.0. The van der Waals surface area contributed by atoms with Crippen molar-refractivity contribution in [2.45, 2.75) is 12.1 Å². The molecule has 1 aromatic rings. The van der Waals surface area contributed by atoms with Gasteiger partial charge in [-0.25, -0.2) is 0 Å². The third-order valence-electron chi connectivity index (χ3n) is 4.05. The molecule has 0 aromatic carbocycles. The number of carbonyl (C=O) groups excluding carboxylic acids is 1. The Morgan fingerprint density at radius 1 is 1.55 bits per heavy atom. The molecule has 0 bridgehead atoms. The summed E-state index contributed by atoms with van der Waals surface area (Å²) in [7, 11) is 1.72. The van der Waals surface area contributed by atoms with Gasteiger partial charge in [-0.05, 0) is 11.4 Å². The minimum absolute atomic E-state index is 0.121. The zero-order valence-corrected chi connectivity index (χ0v) is 12.5. The largest absolute Gasteiger partial charge is 0.383 e. The Morgan fingerprint density at radius 3 is 3.20 bits per heavy atom. The van der Waals surface area contributed by atoms with Gasteiger partial charge in [0.15, 0.2) is 0 Å². The predicted octanol–water partition coefficient (Wildman–Crippen LogP) is 0.920. The van der Waals surface area contributed by atoms with Crippen LogP contribution < -0.4 is 0 Å². The number of amides is 1. The maximum absolute atomic E-state index is 12.4. The lowest BCUT2D eigenvalue weighted by Gasteiger charge is -2.36. The molecule has 2 fully saturated rings. The van der Waals surface area contributed by atoms with Gasteiger partial charge < -0.3 is 14.4 Å². The van der Waals surface area contributed by atoms with Gasteiger partial charge >= 0.3 is 0 Å². The Kier molecular flexibility index (Phi) is 4.35. The third kappa shape index (κ3) is 2.74. The van der Waals surface area contributed by atoms with Gasteiger partial charge in [-0.15, -0.1) is 0 Å². The van der Waals surface area contributed by atoms with E-state index in [4.69, 9.17) is 9.47 Å². The fraction of sp³-hybridized carbons (Fsp3) is 0.643. The number of likely N-dealkylation sites (tertiary alicyclic amines) is 1. The fourth-order valence-corrected chi connectivity index (χ4v) is 3.61. The average molecular weight is 296 g/mol. The van der Waals surface area contributed by atoms with Crippen LogP contribution in [0.3, 0.4) is 0 Å². The molecule has 0 unspecified atom stereocenters. The highest BCUT2D eigenvalue weighted by molar-refractivity contribution is 7.08. The molecular formula is C14H20N2O3S. The van der Waals surface area contributed by atoms with E-state index < -0.39 is 0 Å².